The highest BCUT2D eigenvalue weighted by molar-refractivity contribution is 6.32. The van der Waals surface area contributed by atoms with Crippen LogP contribution in [0.2, 0.25) is 5.02 Å². The van der Waals surface area contributed by atoms with Gasteiger partial charge in [-0.15, -0.1) is 0 Å². The quantitative estimate of drug-likeness (QED) is 0.309. The minimum Gasteiger partial charge on any atom is -0.489 e. The number of pyridine rings is 1. The van der Waals surface area contributed by atoms with Crippen LogP contribution in [0, 0.1) is 6.92 Å². The van der Waals surface area contributed by atoms with Gasteiger partial charge in [-0.25, -0.2) is 0 Å². The lowest BCUT2D eigenvalue weighted by Gasteiger charge is -2.12. The van der Waals surface area contributed by atoms with E-state index in [1.807, 2.05) is 84.9 Å². The molecule has 2 aromatic carbocycles. The largest absolute Gasteiger partial charge is 0.489 e. The Bertz CT molecular complexity index is 1150. The Morgan fingerprint density at radius 1 is 0.875 bits per heavy atom. The van der Waals surface area contributed by atoms with Crippen LogP contribution < -0.4 is 20.7 Å². The number of hydrogen-bond acceptors (Lipinski definition) is 5. The van der Waals surface area contributed by atoms with E-state index in [9.17, 15) is 14.4 Å². The number of nitrogens with zero attached hydrogens (tertiary/aromatic N) is 1. The molecule has 3 N–H and O–H groups in total. The van der Waals surface area contributed by atoms with E-state index in [1.165, 1.54) is 13.1 Å². The van der Waals surface area contributed by atoms with Crippen molar-refractivity contribution in [3.63, 3.8) is 0 Å². The van der Waals surface area contributed by atoms with Gasteiger partial charge in [0.1, 0.15) is 5.75 Å². The fourth-order valence-electron chi connectivity index (χ4n) is 2.82. The van der Waals surface area contributed by atoms with Crippen LogP contribution in [0.3, 0.4) is 0 Å². The van der Waals surface area contributed by atoms with Crippen LogP contribution in [0.15, 0.2) is 66.9 Å². The molecule has 0 radical (unpaired) electrons. The summed E-state index contributed by atoms with van der Waals surface area (Å²) in [6.45, 7) is 14.1. The maximum Gasteiger partial charge on any atom is 0.253 e. The number of carbonyl (C=O) groups excluding carboxylic acids is 3. The third kappa shape index (κ3) is 14.3. The van der Waals surface area contributed by atoms with Crippen LogP contribution in [0.5, 0.6) is 5.75 Å². The maximum absolute atomic E-state index is 11.8. The Morgan fingerprint density at radius 2 is 1.48 bits per heavy atom. The number of likely N-dealkylation sites (N-methyl/N-ethyl adjacent to an activating group) is 1. The molecule has 8 nitrogen and oxygen atoms in total. The van der Waals surface area contributed by atoms with Crippen molar-refractivity contribution < 1.29 is 19.1 Å². The summed E-state index contributed by atoms with van der Waals surface area (Å²) in [5.74, 6) is -0.193. The minimum atomic E-state index is -0.360. The molecule has 0 bridgehead atoms. The van der Waals surface area contributed by atoms with Gasteiger partial charge in [0.05, 0.1) is 23.2 Å². The van der Waals surface area contributed by atoms with Crippen LogP contribution in [0.4, 0.5) is 0 Å². The minimum absolute atomic E-state index is 0.00502. The molecule has 3 amide bonds. The van der Waals surface area contributed by atoms with E-state index in [4.69, 9.17) is 16.3 Å². The van der Waals surface area contributed by atoms with Crippen molar-refractivity contribution >= 4 is 29.3 Å². The Hall–Kier alpha value is -3.91. The number of benzene rings is 2. The summed E-state index contributed by atoms with van der Waals surface area (Å²) in [5, 5.41) is 8.12. The van der Waals surface area contributed by atoms with Crippen LogP contribution >= 0.6 is 11.6 Å². The first-order valence-corrected chi connectivity index (χ1v) is 13.8. The van der Waals surface area contributed by atoms with Crippen molar-refractivity contribution in [3.8, 4) is 5.75 Å². The second kappa shape index (κ2) is 21.0. The van der Waals surface area contributed by atoms with Gasteiger partial charge < -0.3 is 20.7 Å². The molecular formula is C31H43ClN4O4. The number of nitrogens with one attached hydrogen (secondary N) is 3. The first-order valence-electron chi connectivity index (χ1n) is 13.4. The monoisotopic (exact) mass is 570 g/mol. The predicted octanol–water partition coefficient (Wildman–Crippen LogP) is 5.98. The maximum atomic E-state index is 11.8. The molecule has 3 aromatic rings. The lowest BCUT2D eigenvalue weighted by atomic mass is 10.2. The van der Waals surface area contributed by atoms with Gasteiger partial charge in [-0.05, 0) is 56.7 Å². The van der Waals surface area contributed by atoms with E-state index < -0.39 is 0 Å². The number of ether oxygens (including phenoxy) is 1. The molecule has 0 aliphatic rings. The lowest BCUT2D eigenvalue weighted by molar-refractivity contribution is -0.119. The van der Waals surface area contributed by atoms with Gasteiger partial charge >= 0.3 is 0 Å². The highest BCUT2D eigenvalue weighted by atomic mass is 35.5. The molecular weight excluding hydrogens is 528 g/mol. The molecule has 1 aromatic heterocycles. The van der Waals surface area contributed by atoms with Crippen LogP contribution in [-0.4, -0.2) is 42.4 Å². The van der Waals surface area contributed by atoms with Crippen molar-refractivity contribution in [2.75, 3.05) is 13.6 Å². The van der Waals surface area contributed by atoms with E-state index in [2.05, 4.69) is 20.9 Å². The highest BCUT2D eigenvalue weighted by Crippen LogP contribution is 2.26. The highest BCUT2D eigenvalue weighted by Gasteiger charge is 2.11. The molecule has 0 saturated carbocycles. The Balaban J connectivity index is 0.000000679. The summed E-state index contributed by atoms with van der Waals surface area (Å²) < 4.78 is 5.47. The fraction of sp³-hybridized carbons (Fsp3) is 0.355. The Morgan fingerprint density at radius 3 is 2.00 bits per heavy atom. The smallest absolute Gasteiger partial charge is 0.253 e. The topological polar surface area (TPSA) is 109 Å². The van der Waals surface area contributed by atoms with Gasteiger partial charge in [-0.3, -0.25) is 19.4 Å². The second-order valence-electron chi connectivity index (χ2n) is 8.02. The number of rotatable bonds is 8. The van der Waals surface area contributed by atoms with Crippen LogP contribution in [-0.2, 0) is 11.3 Å². The number of halogens is 1. The van der Waals surface area contributed by atoms with Crippen molar-refractivity contribution in [1.82, 2.24) is 20.9 Å². The molecule has 0 saturated heterocycles. The second-order valence-corrected chi connectivity index (χ2v) is 8.43. The van der Waals surface area contributed by atoms with Crippen molar-refractivity contribution in [2.24, 2.45) is 0 Å². The molecule has 218 valence electrons. The SMILES string of the molecule is CC.CC.CNC(=O)CNC(=O)c1ccc(OC(C)C)c(Cl)c1.Cc1ccc(C(=O)NCc2ccccc2)cn1. The fourth-order valence-corrected chi connectivity index (χ4v) is 3.05. The van der Waals surface area contributed by atoms with Crippen molar-refractivity contribution in [1.29, 1.82) is 0 Å². The average Bonchev–Trinajstić information content (AvgIpc) is 2.98. The van der Waals surface area contributed by atoms with Crippen LogP contribution in [0.1, 0.15) is 73.5 Å². The zero-order valence-corrected chi connectivity index (χ0v) is 25.6. The van der Waals surface area contributed by atoms with Gasteiger partial charge in [0, 0.05) is 31.0 Å². The summed E-state index contributed by atoms with van der Waals surface area (Å²) in [6, 6.07) is 18.2. The first kappa shape index (κ1) is 36.1. The molecule has 0 atom stereocenters. The molecule has 0 spiro atoms. The number of hydrogen-bond donors (Lipinski definition) is 3. The van der Waals surface area contributed by atoms with Gasteiger partial charge in [0.15, 0.2) is 0 Å². The Labute approximate surface area is 243 Å². The summed E-state index contributed by atoms with van der Waals surface area (Å²) in [6.07, 6.45) is 1.60. The molecule has 40 heavy (non-hydrogen) atoms. The van der Waals surface area contributed by atoms with Gasteiger partial charge in [-0.2, -0.15) is 0 Å². The zero-order chi connectivity index (χ0) is 30.5. The third-order valence-corrected chi connectivity index (χ3v) is 5.01. The average molecular weight is 571 g/mol. The number of amides is 3. The summed E-state index contributed by atoms with van der Waals surface area (Å²) >= 11 is 6.02. The van der Waals surface area contributed by atoms with Gasteiger partial charge in [0.2, 0.25) is 5.91 Å². The van der Waals surface area contributed by atoms with Crippen molar-refractivity contribution in [2.45, 2.75) is 61.1 Å². The van der Waals surface area contributed by atoms with E-state index >= 15 is 0 Å². The third-order valence-electron chi connectivity index (χ3n) is 4.71. The molecule has 0 aliphatic heterocycles. The van der Waals surface area contributed by atoms with E-state index in [0.29, 0.717) is 28.4 Å². The first-order chi connectivity index (χ1) is 19.2. The van der Waals surface area contributed by atoms with Gasteiger partial charge in [0.25, 0.3) is 11.8 Å². The van der Waals surface area contributed by atoms with Gasteiger partial charge in [-0.1, -0.05) is 69.6 Å². The molecule has 3 rings (SSSR count). The Kier molecular flexibility index (Phi) is 18.9. The van der Waals surface area contributed by atoms with Crippen LogP contribution in [0.25, 0.3) is 0 Å². The number of carbonyl (C=O) groups is 3. The predicted molar refractivity (Wildman–Crippen MR) is 163 cm³/mol. The summed E-state index contributed by atoms with van der Waals surface area (Å²) in [4.78, 5) is 38.7. The van der Waals surface area contributed by atoms with E-state index in [-0.39, 0.29) is 30.4 Å². The molecule has 1 heterocycles. The summed E-state index contributed by atoms with van der Waals surface area (Å²) in [5.41, 5.74) is 2.96. The molecule has 0 unspecified atom stereocenters. The zero-order valence-electron chi connectivity index (χ0n) is 24.8. The lowest BCUT2D eigenvalue weighted by Crippen LogP contribution is -2.35. The normalized spacial score (nSPS) is 9.35. The molecule has 0 fully saturated rings. The molecule has 0 aliphatic carbocycles. The van der Waals surface area contributed by atoms with E-state index in [1.54, 1.807) is 24.4 Å². The molecule has 9 heteroatoms. The van der Waals surface area contributed by atoms with E-state index in [0.717, 1.165) is 11.3 Å². The number of aryl methyl sites for hydroxylation is 1. The van der Waals surface area contributed by atoms with Crippen molar-refractivity contribution in [3.05, 3.63) is 94.3 Å². The number of aromatic nitrogens is 1. The standard InChI is InChI=1S/C14H14N2O.C13H17ClN2O3.2C2H6/c1-11-7-8-13(10-15-11)14(17)16-9-12-5-3-2-4-6-12;1-8(2)19-11-5-4-9(6-10(11)14)13(18)16-7-12(17)15-3;2*1-2/h2-8,10H,9H2,1H3,(H,16,17);4-6,8H,7H2,1-3H3,(H,15,17)(H,16,18);2*1-2H3. The summed E-state index contributed by atoms with van der Waals surface area (Å²) in [7, 11) is 1.50.